The van der Waals surface area contributed by atoms with Crippen LogP contribution in [-0.2, 0) is 0 Å². The Kier molecular flexibility index (Phi) is 4.75. The fourth-order valence-electron chi connectivity index (χ4n) is 2.88. The van der Waals surface area contributed by atoms with Crippen molar-refractivity contribution >= 4 is 23.2 Å². The Morgan fingerprint density at radius 2 is 1.86 bits per heavy atom. The SMILES string of the molecule is Cc1cc(=O)c(C(=O)Nc2ccc3c(c2)OCCO3)nn1-c1ccccc1Cl. The molecule has 1 amide bonds. The number of hydrogen-bond donors (Lipinski definition) is 1. The molecule has 7 nitrogen and oxygen atoms in total. The molecule has 0 atom stereocenters. The molecule has 0 unspecified atom stereocenters. The number of aryl methyl sites for hydroxylation is 1. The molecule has 1 aliphatic rings. The summed E-state index contributed by atoms with van der Waals surface area (Å²) in [5.74, 6) is 0.524. The highest BCUT2D eigenvalue weighted by atomic mass is 35.5. The molecule has 1 N–H and O–H groups in total. The van der Waals surface area contributed by atoms with Gasteiger partial charge < -0.3 is 14.8 Å². The van der Waals surface area contributed by atoms with Gasteiger partial charge in [-0.05, 0) is 31.2 Å². The number of hydrogen-bond acceptors (Lipinski definition) is 5. The van der Waals surface area contributed by atoms with Gasteiger partial charge >= 0.3 is 0 Å². The molecule has 0 saturated heterocycles. The van der Waals surface area contributed by atoms with Crippen LogP contribution in [0, 0.1) is 6.92 Å². The molecule has 0 bridgehead atoms. The van der Waals surface area contributed by atoms with E-state index in [-0.39, 0.29) is 5.69 Å². The molecule has 1 aromatic heterocycles. The Balaban J connectivity index is 1.67. The molecule has 8 heteroatoms. The van der Waals surface area contributed by atoms with Crippen LogP contribution in [0.4, 0.5) is 5.69 Å². The smallest absolute Gasteiger partial charge is 0.280 e. The molecule has 2 aromatic carbocycles. The van der Waals surface area contributed by atoms with Crippen molar-refractivity contribution in [1.82, 2.24) is 9.78 Å². The second kappa shape index (κ2) is 7.36. The van der Waals surface area contributed by atoms with E-state index in [0.29, 0.717) is 46.8 Å². The van der Waals surface area contributed by atoms with Crippen molar-refractivity contribution in [2.45, 2.75) is 6.92 Å². The molecule has 28 heavy (non-hydrogen) atoms. The number of amides is 1. The number of nitrogens with zero attached hydrogens (tertiary/aromatic N) is 2. The highest BCUT2D eigenvalue weighted by Crippen LogP contribution is 2.32. The number of halogens is 1. The third-order valence-corrected chi connectivity index (χ3v) is 4.52. The van der Waals surface area contributed by atoms with Gasteiger partial charge in [0.15, 0.2) is 17.2 Å². The van der Waals surface area contributed by atoms with Crippen LogP contribution in [0.25, 0.3) is 5.69 Å². The van der Waals surface area contributed by atoms with Crippen LogP contribution in [0.3, 0.4) is 0 Å². The molecule has 0 fully saturated rings. The number of benzene rings is 2. The lowest BCUT2D eigenvalue weighted by Gasteiger charge is -2.19. The lowest BCUT2D eigenvalue weighted by molar-refractivity contribution is 0.101. The van der Waals surface area contributed by atoms with Gasteiger partial charge in [0, 0.05) is 23.5 Å². The zero-order chi connectivity index (χ0) is 19.7. The number of carbonyl (C=O) groups is 1. The van der Waals surface area contributed by atoms with Crippen LogP contribution in [-0.4, -0.2) is 28.9 Å². The second-order valence-electron chi connectivity index (χ2n) is 6.17. The minimum atomic E-state index is -0.623. The third-order valence-electron chi connectivity index (χ3n) is 4.20. The molecule has 0 saturated carbocycles. The fourth-order valence-corrected chi connectivity index (χ4v) is 3.10. The van der Waals surface area contributed by atoms with Gasteiger partial charge in [-0.15, -0.1) is 0 Å². The Labute approximate surface area is 165 Å². The summed E-state index contributed by atoms with van der Waals surface area (Å²) in [4.78, 5) is 25.0. The minimum absolute atomic E-state index is 0.236. The Morgan fingerprint density at radius 1 is 1.11 bits per heavy atom. The highest BCUT2D eigenvalue weighted by Gasteiger charge is 2.18. The lowest BCUT2D eigenvalue weighted by atomic mass is 10.2. The van der Waals surface area contributed by atoms with E-state index in [1.807, 2.05) is 0 Å². The number of carbonyl (C=O) groups excluding carboxylic acids is 1. The standard InChI is InChI=1S/C20H16ClN3O4/c1-12-10-16(25)19(23-24(12)15-5-3-2-4-14(15)21)20(26)22-13-6-7-17-18(11-13)28-9-8-27-17/h2-7,10-11H,8-9H2,1H3,(H,22,26). The number of aromatic nitrogens is 2. The maximum Gasteiger partial charge on any atom is 0.280 e. The molecule has 1 aliphatic heterocycles. The van der Waals surface area contributed by atoms with Gasteiger partial charge in [0.1, 0.15) is 13.2 Å². The average molecular weight is 398 g/mol. The fraction of sp³-hybridized carbons (Fsp3) is 0.150. The van der Waals surface area contributed by atoms with E-state index in [2.05, 4.69) is 10.4 Å². The van der Waals surface area contributed by atoms with Crippen LogP contribution in [0.1, 0.15) is 16.2 Å². The Hall–Kier alpha value is -3.32. The first-order valence-corrected chi connectivity index (χ1v) is 8.97. The molecule has 0 spiro atoms. The zero-order valence-electron chi connectivity index (χ0n) is 14.9. The van der Waals surface area contributed by atoms with Crippen molar-refractivity contribution in [3.63, 3.8) is 0 Å². The van der Waals surface area contributed by atoms with Crippen LogP contribution in [0.15, 0.2) is 53.3 Å². The van der Waals surface area contributed by atoms with Crippen molar-refractivity contribution in [2.75, 3.05) is 18.5 Å². The van der Waals surface area contributed by atoms with Gasteiger partial charge in [0.05, 0.1) is 10.7 Å². The summed E-state index contributed by atoms with van der Waals surface area (Å²) in [6.07, 6.45) is 0. The van der Waals surface area contributed by atoms with E-state index in [4.69, 9.17) is 21.1 Å². The molecular formula is C20H16ClN3O4. The van der Waals surface area contributed by atoms with Gasteiger partial charge in [-0.25, -0.2) is 4.68 Å². The number of nitrogens with one attached hydrogen (secondary N) is 1. The summed E-state index contributed by atoms with van der Waals surface area (Å²) >= 11 is 6.23. The van der Waals surface area contributed by atoms with E-state index < -0.39 is 11.3 Å². The predicted molar refractivity (Wildman–Crippen MR) is 105 cm³/mol. The number of para-hydroxylation sites is 1. The van der Waals surface area contributed by atoms with Crippen molar-refractivity contribution in [3.05, 3.63) is 75.2 Å². The van der Waals surface area contributed by atoms with Gasteiger partial charge in [-0.1, -0.05) is 23.7 Å². The molecular weight excluding hydrogens is 382 g/mol. The van der Waals surface area contributed by atoms with Gasteiger partial charge in [0.2, 0.25) is 5.43 Å². The van der Waals surface area contributed by atoms with Crippen molar-refractivity contribution in [1.29, 1.82) is 0 Å². The minimum Gasteiger partial charge on any atom is -0.486 e. The summed E-state index contributed by atoms with van der Waals surface area (Å²) < 4.78 is 12.4. The van der Waals surface area contributed by atoms with Gasteiger partial charge in [0.25, 0.3) is 5.91 Å². The molecule has 2 heterocycles. The summed E-state index contributed by atoms with van der Waals surface area (Å²) in [5.41, 5.74) is 0.903. The molecule has 142 valence electrons. The summed E-state index contributed by atoms with van der Waals surface area (Å²) in [6.45, 7) is 2.64. The van der Waals surface area contributed by atoms with E-state index in [1.54, 1.807) is 49.4 Å². The summed E-state index contributed by atoms with van der Waals surface area (Å²) in [5, 5.41) is 7.38. The summed E-state index contributed by atoms with van der Waals surface area (Å²) in [6, 6.07) is 13.4. The molecule has 4 rings (SSSR count). The normalized spacial score (nSPS) is 12.5. The second-order valence-corrected chi connectivity index (χ2v) is 6.58. The van der Waals surface area contributed by atoms with Gasteiger partial charge in [-0.2, -0.15) is 5.10 Å². The Bertz CT molecular complexity index is 1130. The van der Waals surface area contributed by atoms with Crippen molar-refractivity contribution < 1.29 is 14.3 Å². The maximum atomic E-state index is 12.7. The highest BCUT2D eigenvalue weighted by molar-refractivity contribution is 6.32. The third kappa shape index (κ3) is 3.44. The molecule has 0 radical (unpaired) electrons. The monoisotopic (exact) mass is 397 g/mol. The van der Waals surface area contributed by atoms with Crippen LogP contribution >= 0.6 is 11.6 Å². The van der Waals surface area contributed by atoms with E-state index in [0.717, 1.165) is 0 Å². The van der Waals surface area contributed by atoms with Crippen LogP contribution < -0.4 is 20.2 Å². The maximum absolute atomic E-state index is 12.7. The molecule has 0 aliphatic carbocycles. The van der Waals surface area contributed by atoms with E-state index in [9.17, 15) is 9.59 Å². The first kappa shape index (κ1) is 18.1. The first-order chi connectivity index (χ1) is 13.5. The topological polar surface area (TPSA) is 82.5 Å². The van der Waals surface area contributed by atoms with Crippen molar-refractivity contribution in [2.24, 2.45) is 0 Å². The van der Waals surface area contributed by atoms with E-state index in [1.165, 1.54) is 10.7 Å². The number of rotatable bonds is 3. The zero-order valence-corrected chi connectivity index (χ0v) is 15.7. The first-order valence-electron chi connectivity index (χ1n) is 8.60. The summed E-state index contributed by atoms with van der Waals surface area (Å²) in [7, 11) is 0. The number of anilines is 1. The predicted octanol–water partition coefficient (Wildman–Crippen LogP) is 3.22. The average Bonchev–Trinajstić information content (AvgIpc) is 2.69. The van der Waals surface area contributed by atoms with Gasteiger partial charge in [-0.3, -0.25) is 9.59 Å². The quantitative estimate of drug-likeness (QED) is 0.733. The van der Waals surface area contributed by atoms with Crippen LogP contribution in [0.2, 0.25) is 5.02 Å². The Morgan fingerprint density at radius 3 is 2.64 bits per heavy atom. The number of fused-ring (bicyclic) bond motifs is 1. The molecule has 3 aromatic rings. The largest absolute Gasteiger partial charge is 0.486 e. The van der Waals surface area contributed by atoms with Crippen LogP contribution in [0.5, 0.6) is 11.5 Å². The van der Waals surface area contributed by atoms with E-state index >= 15 is 0 Å². The lowest BCUT2D eigenvalue weighted by Crippen LogP contribution is -2.27. The van der Waals surface area contributed by atoms with Crippen molar-refractivity contribution in [3.8, 4) is 17.2 Å². The number of ether oxygens (including phenoxy) is 2.